The highest BCUT2D eigenvalue weighted by Crippen LogP contribution is 2.23. The second-order valence-electron chi connectivity index (χ2n) is 5.51. The predicted octanol–water partition coefficient (Wildman–Crippen LogP) is 2.02. The number of nitrogens with zero attached hydrogens (tertiary/aromatic N) is 1. The summed E-state index contributed by atoms with van der Waals surface area (Å²) in [5.74, 6) is -0.240. The zero-order chi connectivity index (χ0) is 13.8. The Morgan fingerprint density at radius 1 is 1.26 bits per heavy atom. The first-order valence-corrected chi connectivity index (χ1v) is 6.97. The minimum absolute atomic E-state index is 0.179. The van der Waals surface area contributed by atoms with Gasteiger partial charge in [-0.25, -0.2) is 4.39 Å². The summed E-state index contributed by atoms with van der Waals surface area (Å²) in [5, 5.41) is 10.0. The standard InChI is InChI=1S/C15H23FN2O/c1-18(14-4-2-3-5-15(14)19)10-12-6-11(9-17)7-13(16)8-12/h6-8,14-15,19H,2-5,9-10,17H2,1H3. The van der Waals surface area contributed by atoms with Gasteiger partial charge in [-0.3, -0.25) is 4.90 Å². The predicted molar refractivity (Wildman–Crippen MR) is 74.0 cm³/mol. The van der Waals surface area contributed by atoms with E-state index in [0.717, 1.165) is 36.8 Å². The molecule has 4 heteroatoms. The van der Waals surface area contributed by atoms with E-state index in [2.05, 4.69) is 4.90 Å². The molecular weight excluding hydrogens is 243 g/mol. The van der Waals surface area contributed by atoms with Crippen molar-refractivity contribution in [1.82, 2.24) is 4.90 Å². The highest BCUT2D eigenvalue weighted by atomic mass is 19.1. The molecule has 2 rings (SSSR count). The third-order valence-electron chi connectivity index (χ3n) is 3.95. The molecule has 1 aromatic carbocycles. The van der Waals surface area contributed by atoms with Crippen LogP contribution in [-0.2, 0) is 13.1 Å². The quantitative estimate of drug-likeness (QED) is 0.876. The summed E-state index contributed by atoms with van der Waals surface area (Å²) >= 11 is 0. The zero-order valence-electron chi connectivity index (χ0n) is 11.5. The molecule has 19 heavy (non-hydrogen) atoms. The van der Waals surface area contributed by atoms with Gasteiger partial charge >= 0.3 is 0 Å². The van der Waals surface area contributed by atoms with Crippen LogP contribution in [0.25, 0.3) is 0 Å². The Morgan fingerprint density at radius 3 is 2.63 bits per heavy atom. The number of nitrogens with two attached hydrogens (primary N) is 1. The van der Waals surface area contributed by atoms with Crippen LogP contribution >= 0.6 is 0 Å². The van der Waals surface area contributed by atoms with Crippen molar-refractivity contribution >= 4 is 0 Å². The highest BCUT2D eigenvalue weighted by molar-refractivity contribution is 5.24. The highest BCUT2D eigenvalue weighted by Gasteiger charge is 2.26. The summed E-state index contributed by atoms with van der Waals surface area (Å²) in [7, 11) is 1.99. The number of halogens is 1. The molecule has 1 fully saturated rings. The Morgan fingerprint density at radius 2 is 1.95 bits per heavy atom. The van der Waals surface area contributed by atoms with Crippen LogP contribution in [0.3, 0.4) is 0 Å². The molecule has 2 unspecified atom stereocenters. The minimum atomic E-state index is -0.263. The SMILES string of the molecule is CN(Cc1cc(F)cc(CN)c1)C1CCCCC1O. The maximum absolute atomic E-state index is 13.5. The number of hydrogen-bond acceptors (Lipinski definition) is 3. The number of aliphatic hydroxyl groups excluding tert-OH is 1. The van der Waals surface area contributed by atoms with Crippen LogP contribution in [0.4, 0.5) is 4.39 Å². The van der Waals surface area contributed by atoms with Crippen molar-refractivity contribution < 1.29 is 9.50 Å². The van der Waals surface area contributed by atoms with Crippen molar-refractivity contribution in [1.29, 1.82) is 0 Å². The lowest BCUT2D eigenvalue weighted by molar-refractivity contribution is 0.0288. The molecule has 0 heterocycles. The first-order chi connectivity index (χ1) is 9.10. The maximum Gasteiger partial charge on any atom is 0.123 e. The van der Waals surface area contributed by atoms with Gasteiger partial charge in [-0.15, -0.1) is 0 Å². The molecule has 1 aromatic rings. The normalized spacial score (nSPS) is 23.8. The number of likely N-dealkylation sites (N-methyl/N-ethyl adjacent to an activating group) is 1. The van der Waals surface area contributed by atoms with Gasteiger partial charge in [-0.05, 0) is 43.1 Å². The van der Waals surface area contributed by atoms with E-state index in [1.807, 2.05) is 13.1 Å². The summed E-state index contributed by atoms with van der Waals surface area (Å²) in [6.45, 7) is 0.993. The molecule has 1 aliphatic carbocycles. The lowest BCUT2D eigenvalue weighted by Gasteiger charge is -2.35. The Balaban J connectivity index is 2.05. The molecule has 2 atom stereocenters. The molecular formula is C15H23FN2O. The van der Waals surface area contributed by atoms with Crippen molar-refractivity contribution in [2.75, 3.05) is 7.05 Å². The summed E-state index contributed by atoms with van der Waals surface area (Å²) in [6.07, 6.45) is 3.87. The van der Waals surface area contributed by atoms with Crippen LogP contribution in [-0.4, -0.2) is 29.2 Å². The van der Waals surface area contributed by atoms with E-state index in [1.165, 1.54) is 6.07 Å². The van der Waals surface area contributed by atoms with Gasteiger partial charge in [-0.1, -0.05) is 18.9 Å². The third kappa shape index (κ3) is 3.75. The largest absolute Gasteiger partial charge is 0.391 e. The molecule has 0 saturated heterocycles. The van der Waals surface area contributed by atoms with E-state index in [-0.39, 0.29) is 18.0 Å². The summed E-state index contributed by atoms with van der Waals surface area (Å²) < 4.78 is 13.5. The average Bonchev–Trinajstić information content (AvgIpc) is 2.38. The molecule has 1 aliphatic rings. The van der Waals surface area contributed by atoms with E-state index in [0.29, 0.717) is 13.1 Å². The van der Waals surface area contributed by atoms with Gasteiger partial charge in [0.25, 0.3) is 0 Å². The van der Waals surface area contributed by atoms with Crippen LogP contribution in [0.15, 0.2) is 18.2 Å². The van der Waals surface area contributed by atoms with Gasteiger partial charge in [0.2, 0.25) is 0 Å². The number of rotatable bonds is 4. The Hall–Kier alpha value is -0.970. The fourth-order valence-electron chi connectivity index (χ4n) is 2.94. The van der Waals surface area contributed by atoms with Gasteiger partial charge in [0.05, 0.1) is 6.10 Å². The van der Waals surface area contributed by atoms with Gasteiger partial charge in [0, 0.05) is 19.1 Å². The van der Waals surface area contributed by atoms with E-state index in [9.17, 15) is 9.50 Å². The van der Waals surface area contributed by atoms with Gasteiger partial charge in [-0.2, -0.15) is 0 Å². The number of aliphatic hydroxyl groups is 1. The summed E-state index contributed by atoms with van der Waals surface area (Å²) in [4.78, 5) is 2.12. The van der Waals surface area contributed by atoms with E-state index in [4.69, 9.17) is 5.73 Å². The van der Waals surface area contributed by atoms with E-state index in [1.54, 1.807) is 6.07 Å². The molecule has 3 N–H and O–H groups in total. The molecule has 0 aromatic heterocycles. The lowest BCUT2D eigenvalue weighted by atomic mass is 9.91. The number of benzene rings is 1. The van der Waals surface area contributed by atoms with E-state index >= 15 is 0 Å². The summed E-state index contributed by atoms with van der Waals surface area (Å²) in [6, 6.07) is 5.14. The molecule has 106 valence electrons. The van der Waals surface area contributed by atoms with Gasteiger partial charge < -0.3 is 10.8 Å². The van der Waals surface area contributed by atoms with Gasteiger partial charge in [0.1, 0.15) is 5.82 Å². The maximum atomic E-state index is 13.5. The molecule has 0 aliphatic heterocycles. The topological polar surface area (TPSA) is 49.5 Å². The minimum Gasteiger partial charge on any atom is -0.391 e. The summed E-state index contributed by atoms with van der Waals surface area (Å²) in [5.41, 5.74) is 7.29. The van der Waals surface area contributed by atoms with Crippen LogP contribution in [0.2, 0.25) is 0 Å². The zero-order valence-corrected chi connectivity index (χ0v) is 11.5. The van der Waals surface area contributed by atoms with Crippen LogP contribution in [0, 0.1) is 5.82 Å². The molecule has 0 amide bonds. The van der Waals surface area contributed by atoms with Gasteiger partial charge in [0.15, 0.2) is 0 Å². The van der Waals surface area contributed by atoms with Crippen LogP contribution in [0.1, 0.15) is 36.8 Å². The molecule has 0 radical (unpaired) electrons. The first-order valence-electron chi connectivity index (χ1n) is 6.97. The molecule has 1 saturated carbocycles. The first kappa shape index (κ1) is 14.4. The lowest BCUT2D eigenvalue weighted by Crippen LogP contribution is -2.42. The molecule has 0 spiro atoms. The Kier molecular flexibility index (Phi) is 4.91. The third-order valence-corrected chi connectivity index (χ3v) is 3.95. The second kappa shape index (κ2) is 6.46. The van der Waals surface area contributed by atoms with Crippen molar-refractivity contribution in [2.45, 2.75) is 50.9 Å². The fraction of sp³-hybridized carbons (Fsp3) is 0.600. The van der Waals surface area contributed by atoms with Crippen molar-refractivity contribution in [3.8, 4) is 0 Å². The Labute approximate surface area is 114 Å². The monoisotopic (exact) mass is 266 g/mol. The van der Waals surface area contributed by atoms with Crippen molar-refractivity contribution in [2.24, 2.45) is 5.73 Å². The molecule has 0 bridgehead atoms. The van der Waals surface area contributed by atoms with Crippen LogP contribution in [0.5, 0.6) is 0 Å². The van der Waals surface area contributed by atoms with Crippen molar-refractivity contribution in [3.63, 3.8) is 0 Å². The van der Waals surface area contributed by atoms with Crippen LogP contribution < -0.4 is 5.73 Å². The fourth-order valence-corrected chi connectivity index (χ4v) is 2.94. The average molecular weight is 266 g/mol. The second-order valence-corrected chi connectivity index (χ2v) is 5.51. The smallest absolute Gasteiger partial charge is 0.123 e. The Bertz CT molecular complexity index is 425. The van der Waals surface area contributed by atoms with E-state index < -0.39 is 0 Å². The van der Waals surface area contributed by atoms with Crippen molar-refractivity contribution in [3.05, 3.63) is 35.1 Å². The molecule has 3 nitrogen and oxygen atoms in total. The number of hydrogen-bond donors (Lipinski definition) is 2.